The monoisotopic (exact) mass is 341 g/mol. The summed E-state index contributed by atoms with van der Waals surface area (Å²) in [5.41, 5.74) is 5.73. The van der Waals surface area contributed by atoms with Crippen LogP contribution in [-0.2, 0) is 0 Å². The van der Waals surface area contributed by atoms with Gasteiger partial charge in [-0.15, -0.1) is 0 Å². The molecule has 0 aliphatic rings. The lowest BCUT2D eigenvalue weighted by atomic mass is 10.0. The molecule has 0 bridgehead atoms. The molecule has 5 heteroatoms. The van der Waals surface area contributed by atoms with Gasteiger partial charge in [0.05, 0.1) is 11.1 Å². The normalized spacial score (nSPS) is 12.2. The molecule has 0 amide bonds. The van der Waals surface area contributed by atoms with Gasteiger partial charge in [-0.25, -0.2) is 8.78 Å². The molecule has 2 rings (SSSR count). The topological polar surface area (TPSA) is 35.2 Å². The molecule has 2 aromatic rings. The third-order valence-electron chi connectivity index (χ3n) is 2.89. The largest absolute Gasteiger partial charge is 0.494 e. The van der Waals surface area contributed by atoms with Gasteiger partial charge in [0.1, 0.15) is 17.4 Å². The molecule has 1 unspecified atom stereocenters. The van der Waals surface area contributed by atoms with Crippen molar-refractivity contribution in [3.8, 4) is 5.75 Å². The van der Waals surface area contributed by atoms with Crippen molar-refractivity contribution < 1.29 is 13.5 Å². The lowest BCUT2D eigenvalue weighted by Crippen LogP contribution is -2.17. The Morgan fingerprint density at radius 1 is 1.10 bits per heavy atom. The van der Waals surface area contributed by atoms with Gasteiger partial charge in [-0.2, -0.15) is 0 Å². The smallest absolute Gasteiger partial charge is 0.145 e. The van der Waals surface area contributed by atoms with Crippen LogP contribution in [0.3, 0.4) is 0 Å². The van der Waals surface area contributed by atoms with E-state index in [-0.39, 0.29) is 16.6 Å². The summed E-state index contributed by atoms with van der Waals surface area (Å²) in [4.78, 5) is 0. The van der Waals surface area contributed by atoms with Gasteiger partial charge in [-0.3, -0.25) is 0 Å². The van der Waals surface area contributed by atoms with Crippen molar-refractivity contribution in [3.05, 3.63) is 64.1 Å². The molecule has 0 radical (unpaired) electrons. The van der Waals surface area contributed by atoms with Crippen molar-refractivity contribution in [1.82, 2.24) is 0 Å². The van der Waals surface area contributed by atoms with Crippen LogP contribution in [0.5, 0.6) is 5.75 Å². The van der Waals surface area contributed by atoms with E-state index < -0.39 is 17.7 Å². The highest BCUT2D eigenvalue weighted by Crippen LogP contribution is 2.27. The Bertz CT molecular complexity index is 578. The van der Waals surface area contributed by atoms with E-state index in [0.717, 1.165) is 0 Å². The van der Waals surface area contributed by atoms with E-state index in [2.05, 4.69) is 15.9 Å². The second-order valence-electron chi connectivity index (χ2n) is 4.31. The summed E-state index contributed by atoms with van der Waals surface area (Å²) >= 11 is 3.02. The molecule has 2 N–H and O–H groups in total. The van der Waals surface area contributed by atoms with Crippen molar-refractivity contribution in [1.29, 1.82) is 0 Å². The maximum Gasteiger partial charge on any atom is 0.145 e. The van der Waals surface area contributed by atoms with E-state index in [1.54, 1.807) is 0 Å². The predicted octanol–water partition coefficient (Wildman–Crippen LogP) is 4.20. The molecule has 0 saturated carbocycles. The number of rotatable bonds is 5. The van der Waals surface area contributed by atoms with Crippen LogP contribution in [0.15, 0.2) is 46.9 Å². The zero-order chi connectivity index (χ0) is 14.5. The zero-order valence-corrected chi connectivity index (χ0v) is 12.2. The van der Waals surface area contributed by atoms with E-state index in [1.165, 1.54) is 12.1 Å². The van der Waals surface area contributed by atoms with Crippen molar-refractivity contribution in [2.45, 2.75) is 12.5 Å². The van der Waals surface area contributed by atoms with Gasteiger partial charge in [-0.05, 0) is 40.2 Å². The minimum Gasteiger partial charge on any atom is -0.494 e. The highest BCUT2D eigenvalue weighted by atomic mass is 79.9. The summed E-state index contributed by atoms with van der Waals surface area (Å²) in [5, 5.41) is 0. The second kappa shape index (κ2) is 6.81. The fraction of sp³-hybridized carbons (Fsp3) is 0.200. The molecule has 0 spiro atoms. The van der Waals surface area contributed by atoms with Gasteiger partial charge in [0.25, 0.3) is 0 Å². The third kappa shape index (κ3) is 3.55. The van der Waals surface area contributed by atoms with Gasteiger partial charge in [0, 0.05) is 18.0 Å². The average Bonchev–Trinajstić information content (AvgIpc) is 2.44. The molecule has 2 aromatic carbocycles. The Balaban J connectivity index is 1.99. The number of hydrogen-bond donors (Lipinski definition) is 1. The van der Waals surface area contributed by atoms with Crippen molar-refractivity contribution >= 4 is 15.9 Å². The molecular formula is C15H14BrF2NO. The molecule has 1 atom stereocenters. The van der Waals surface area contributed by atoms with E-state index >= 15 is 0 Å². The summed E-state index contributed by atoms with van der Waals surface area (Å²) in [5.74, 6) is -0.593. The van der Waals surface area contributed by atoms with Crippen LogP contribution >= 0.6 is 15.9 Å². The summed E-state index contributed by atoms with van der Waals surface area (Å²) in [7, 11) is 0. The van der Waals surface area contributed by atoms with Crippen molar-refractivity contribution in [2.75, 3.05) is 6.61 Å². The number of para-hydroxylation sites is 1. The Morgan fingerprint density at radius 2 is 1.80 bits per heavy atom. The highest BCUT2D eigenvalue weighted by molar-refractivity contribution is 9.10. The van der Waals surface area contributed by atoms with Gasteiger partial charge in [0.2, 0.25) is 0 Å². The molecule has 20 heavy (non-hydrogen) atoms. The quantitative estimate of drug-likeness (QED) is 0.827. The van der Waals surface area contributed by atoms with Gasteiger partial charge < -0.3 is 10.5 Å². The summed E-state index contributed by atoms with van der Waals surface area (Å²) < 4.78 is 33.2. The van der Waals surface area contributed by atoms with E-state index in [0.29, 0.717) is 12.2 Å². The molecule has 0 fully saturated rings. The fourth-order valence-corrected chi connectivity index (χ4v) is 2.19. The summed E-state index contributed by atoms with van der Waals surface area (Å²) in [6, 6.07) is 11.0. The molecule has 2 nitrogen and oxygen atoms in total. The van der Waals surface area contributed by atoms with Gasteiger partial charge in [0.15, 0.2) is 0 Å². The van der Waals surface area contributed by atoms with Crippen LogP contribution < -0.4 is 10.5 Å². The Labute approximate surface area is 124 Å². The first-order valence-corrected chi connectivity index (χ1v) is 6.95. The highest BCUT2D eigenvalue weighted by Gasteiger charge is 2.18. The van der Waals surface area contributed by atoms with Crippen molar-refractivity contribution in [2.24, 2.45) is 5.73 Å². The van der Waals surface area contributed by atoms with Gasteiger partial charge >= 0.3 is 0 Å². The molecule has 0 aliphatic carbocycles. The molecule has 0 aromatic heterocycles. The van der Waals surface area contributed by atoms with Crippen LogP contribution in [0, 0.1) is 11.6 Å². The Kier molecular flexibility index (Phi) is 5.09. The fourth-order valence-electron chi connectivity index (χ4n) is 1.85. The van der Waals surface area contributed by atoms with Crippen LogP contribution in [0.25, 0.3) is 0 Å². The lowest BCUT2D eigenvalue weighted by molar-refractivity contribution is 0.295. The molecule has 0 saturated heterocycles. The first-order chi connectivity index (χ1) is 9.59. The minimum atomic E-state index is -0.754. The Hall–Kier alpha value is -1.46. The summed E-state index contributed by atoms with van der Waals surface area (Å²) in [6.45, 7) is 0.288. The van der Waals surface area contributed by atoms with Gasteiger partial charge in [-0.1, -0.05) is 18.2 Å². The van der Waals surface area contributed by atoms with Crippen LogP contribution in [0.2, 0.25) is 0 Å². The standard InChI is InChI=1S/C15H14BrF2NO/c16-11-6-7-12(17)14(15(11)18)13(19)8-9-20-10-4-2-1-3-5-10/h1-7,13H,8-9,19H2. The number of ether oxygens (including phenoxy) is 1. The maximum atomic E-state index is 13.9. The van der Waals surface area contributed by atoms with Crippen LogP contribution in [0.1, 0.15) is 18.0 Å². The first kappa shape index (κ1) is 14.9. The predicted molar refractivity (Wildman–Crippen MR) is 77.5 cm³/mol. The first-order valence-electron chi connectivity index (χ1n) is 6.16. The van der Waals surface area contributed by atoms with Crippen molar-refractivity contribution in [3.63, 3.8) is 0 Å². The number of benzene rings is 2. The molecule has 0 aliphatic heterocycles. The minimum absolute atomic E-state index is 0.115. The number of hydrogen-bond acceptors (Lipinski definition) is 2. The molecule has 0 heterocycles. The average molecular weight is 342 g/mol. The second-order valence-corrected chi connectivity index (χ2v) is 5.17. The summed E-state index contributed by atoms with van der Waals surface area (Å²) in [6.07, 6.45) is 0.319. The van der Waals surface area contributed by atoms with E-state index in [1.807, 2.05) is 30.3 Å². The third-order valence-corrected chi connectivity index (χ3v) is 3.50. The maximum absolute atomic E-state index is 13.9. The van der Waals surface area contributed by atoms with E-state index in [4.69, 9.17) is 10.5 Å². The molecule has 106 valence electrons. The molecular weight excluding hydrogens is 328 g/mol. The van der Waals surface area contributed by atoms with Crippen LogP contribution in [-0.4, -0.2) is 6.61 Å². The van der Waals surface area contributed by atoms with E-state index in [9.17, 15) is 8.78 Å². The SMILES string of the molecule is NC(CCOc1ccccc1)c1c(F)ccc(Br)c1F. The Morgan fingerprint density at radius 3 is 2.50 bits per heavy atom. The van der Waals surface area contributed by atoms with Crippen LogP contribution in [0.4, 0.5) is 8.78 Å². The lowest BCUT2D eigenvalue weighted by Gasteiger charge is -2.15. The number of nitrogens with two attached hydrogens (primary N) is 1. The number of halogens is 3. The zero-order valence-electron chi connectivity index (χ0n) is 10.7.